The molecule has 2 heterocycles. The van der Waals surface area contributed by atoms with E-state index in [9.17, 15) is 10.1 Å². The Morgan fingerprint density at radius 3 is 2.69 bits per heavy atom. The summed E-state index contributed by atoms with van der Waals surface area (Å²) < 4.78 is 2.24. The van der Waals surface area contributed by atoms with Crippen LogP contribution in [-0.4, -0.2) is 52.5 Å². The summed E-state index contributed by atoms with van der Waals surface area (Å²) in [6.45, 7) is 1.63. The molecular formula is C23H20ClN5OS2. The number of amides is 1. The van der Waals surface area contributed by atoms with E-state index in [1.54, 1.807) is 38.2 Å². The van der Waals surface area contributed by atoms with E-state index in [-0.39, 0.29) is 5.91 Å². The van der Waals surface area contributed by atoms with Crippen LogP contribution in [-0.2, 0) is 0 Å². The molecule has 1 amide bonds. The Morgan fingerprint density at radius 1 is 1.22 bits per heavy atom. The predicted octanol–water partition coefficient (Wildman–Crippen LogP) is 5.23. The van der Waals surface area contributed by atoms with Gasteiger partial charge in [0.05, 0.1) is 16.1 Å². The van der Waals surface area contributed by atoms with Gasteiger partial charge in [-0.05, 0) is 48.2 Å². The van der Waals surface area contributed by atoms with Gasteiger partial charge in [-0.3, -0.25) is 4.79 Å². The third-order valence-corrected chi connectivity index (χ3v) is 7.46. The molecule has 4 rings (SSSR count). The summed E-state index contributed by atoms with van der Waals surface area (Å²) >= 11 is 9.48. The summed E-state index contributed by atoms with van der Waals surface area (Å²) in [6.07, 6.45) is 3.02. The zero-order valence-corrected chi connectivity index (χ0v) is 20.0. The molecule has 0 atom stereocenters. The normalized spacial score (nSPS) is 14.0. The Balaban J connectivity index is 1.46. The lowest BCUT2D eigenvalue weighted by molar-refractivity contribution is 0.0828. The van der Waals surface area contributed by atoms with Crippen molar-refractivity contribution in [1.29, 1.82) is 5.26 Å². The molecule has 0 N–H and O–H groups in total. The van der Waals surface area contributed by atoms with Gasteiger partial charge in [0.1, 0.15) is 16.1 Å². The van der Waals surface area contributed by atoms with E-state index in [0.717, 1.165) is 40.0 Å². The molecule has 3 aromatic rings. The zero-order valence-electron chi connectivity index (χ0n) is 17.6. The summed E-state index contributed by atoms with van der Waals surface area (Å²) in [7, 11) is 3.40. The van der Waals surface area contributed by atoms with Crippen LogP contribution in [0.25, 0.3) is 16.1 Å². The van der Waals surface area contributed by atoms with Crippen molar-refractivity contribution in [2.45, 2.75) is 11.3 Å². The number of aromatic nitrogens is 2. The first-order valence-corrected chi connectivity index (χ1v) is 11.9. The molecule has 1 aliphatic rings. The fraction of sp³-hybridized carbons (Fsp3) is 0.217. The number of halogens is 1. The first-order chi connectivity index (χ1) is 15.5. The molecule has 0 radical (unpaired) electrons. The van der Waals surface area contributed by atoms with E-state index in [0.29, 0.717) is 16.1 Å². The maximum Gasteiger partial charge on any atom is 0.254 e. The molecule has 1 aromatic heterocycles. The Hall–Kier alpha value is -2.70. The largest absolute Gasteiger partial charge is 0.345 e. The molecule has 9 heteroatoms. The second-order valence-corrected chi connectivity index (χ2v) is 9.90. The van der Waals surface area contributed by atoms with E-state index in [4.69, 9.17) is 11.6 Å². The highest BCUT2D eigenvalue weighted by Crippen LogP contribution is 2.34. The van der Waals surface area contributed by atoms with Crippen LogP contribution in [0.4, 0.5) is 0 Å². The van der Waals surface area contributed by atoms with Crippen molar-refractivity contribution in [3.05, 3.63) is 69.7 Å². The molecule has 32 heavy (non-hydrogen) atoms. The van der Waals surface area contributed by atoms with E-state index < -0.39 is 0 Å². The predicted molar refractivity (Wildman–Crippen MR) is 130 cm³/mol. The topological polar surface area (TPSA) is 73.1 Å². The molecule has 6 nitrogen and oxygen atoms in total. The molecule has 0 unspecified atom stereocenters. The van der Waals surface area contributed by atoms with Crippen LogP contribution in [0, 0.1) is 11.3 Å². The van der Waals surface area contributed by atoms with Gasteiger partial charge in [0.25, 0.3) is 5.91 Å². The number of nitrogens with zero attached hydrogens (tertiary/aromatic N) is 5. The highest BCUT2D eigenvalue weighted by atomic mass is 35.5. The van der Waals surface area contributed by atoms with Crippen LogP contribution in [0.5, 0.6) is 0 Å². The highest BCUT2D eigenvalue weighted by Gasteiger charge is 2.19. The van der Waals surface area contributed by atoms with Gasteiger partial charge < -0.3 is 4.90 Å². The molecule has 0 fully saturated rings. The first kappa shape index (κ1) is 22.5. The van der Waals surface area contributed by atoms with Crippen molar-refractivity contribution in [2.24, 2.45) is 0 Å². The lowest BCUT2D eigenvalue weighted by atomic mass is 10.1. The van der Waals surface area contributed by atoms with Crippen molar-refractivity contribution < 1.29 is 4.79 Å². The lowest BCUT2D eigenvalue weighted by Gasteiger charge is -2.24. The summed E-state index contributed by atoms with van der Waals surface area (Å²) in [4.78, 5) is 14.7. The minimum atomic E-state index is -0.133. The lowest BCUT2D eigenvalue weighted by Crippen LogP contribution is -2.21. The van der Waals surface area contributed by atoms with Crippen LogP contribution >= 0.6 is 34.9 Å². The average molecular weight is 482 g/mol. The quantitative estimate of drug-likeness (QED) is 0.464. The monoisotopic (exact) mass is 481 g/mol. The highest BCUT2D eigenvalue weighted by molar-refractivity contribution is 7.97. The standard InChI is InChI=1S/C23H20ClN5OS2/c1-28(2)23(30)18-8-7-16(13-19(18)24)22-27-26-21(31-22)15-9-11-29(12-10-15)32-20-6-4-3-5-17(20)14-25/h3-9,13H,10-12H2,1-2H3. The van der Waals surface area contributed by atoms with Gasteiger partial charge in [0, 0.05) is 37.6 Å². The van der Waals surface area contributed by atoms with Gasteiger partial charge in [-0.15, -0.1) is 10.2 Å². The van der Waals surface area contributed by atoms with Gasteiger partial charge >= 0.3 is 0 Å². The third kappa shape index (κ3) is 4.87. The Labute approximate surface area is 200 Å². The number of nitriles is 1. The fourth-order valence-electron chi connectivity index (χ4n) is 3.24. The molecule has 0 spiro atoms. The van der Waals surface area contributed by atoms with Gasteiger partial charge in [-0.25, -0.2) is 4.31 Å². The molecule has 1 aliphatic heterocycles. The molecule has 0 saturated heterocycles. The van der Waals surface area contributed by atoms with Gasteiger partial charge in [0.15, 0.2) is 0 Å². The summed E-state index contributed by atoms with van der Waals surface area (Å²) in [5.41, 5.74) is 3.18. The zero-order chi connectivity index (χ0) is 22.7. The Morgan fingerprint density at radius 2 is 2.00 bits per heavy atom. The van der Waals surface area contributed by atoms with Crippen LogP contribution in [0.3, 0.4) is 0 Å². The Kier molecular flexibility index (Phi) is 6.92. The van der Waals surface area contributed by atoms with Crippen LogP contribution < -0.4 is 0 Å². The average Bonchev–Trinajstić information content (AvgIpc) is 3.30. The smallest absolute Gasteiger partial charge is 0.254 e. The van der Waals surface area contributed by atoms with E-state index in [1.165, 1.54) is 21.8 Å². The summed E-state index contributed by atoms with van der Waals surface area (Å²) in [5, 5.41) is 20.1. The maximum atomic E-state index is 12.2. The first-order valence-electron chi connectivity index (χ1n) is 9.93. The SMILES string of the molecule is CN(C)C(=O)c1ccc(-c2nnc(C3=CCN(Sc4ccccc4C#N)CC3)s2)cc1Cl. The van der Waals surface area contributed by atoms with Gasteiger partial charge in [-0.1, -0.05) is 47.2 Å². The van der Waals surface area contributed by atoms with Crippen molar-refractivity contribution in [1.82, 2.24) is 19.4 Å². The van der Waals surface area contributed by atoms with Crippen molar-refractivity contribution in [3.63, 3.8) is 0 Å². The minimum Gasteiger partial charge on any atom is -0.345 e. The van der Waals surface area contributed by atoms with Crippen LogP contribution in [0.2, 0.25) is 5.02 Å². The Bertz CT molecular complexity index is 1230. The molecule has 162 valence electrons. The second kappa shape index (κ2) is 9.84. The third-order valence-electron chi connectivity index (χ3n) is 4.96. The van der Waals surface area contributed by atoms with E-state index >= 15 is 0 Å². The molecule has 2 aromatic carbocycles. The fourth-order valence-corrected chi connectivity index (χ4v) is 5.37. The summed E-state index contributed by atoms with van der Waals surface area (Å²) in [6, 6.07) is 15.2. The maximum absolute atomic E-state index is 12.2. The van der Waals surface area contributed by atoms with Crippen LogP contribution in [0.15, 0.2) is 53.4 Å². The number of benzene rings is 2. The molecule has 0 aliphatic carbocycles. The molecule has 0 bridgehead atoms. The molecular weight excluding hydrogens is 462 g/mol. The van der Waals surface area contributed by atoms with Gasteiger partial charge in [-0.2, -0.15) is 5.26 Å². The number of hydrogen-bond donors (Lipinski definition) is 0. The number of hydrogen-bond acceptors (Lipinski definition) is 7. The minimum absolute atomic E-state index is 0.133. The number of carbonyl (C=O) groups excluding carboxylic acids is 1. The van der Waals surface area contributed by atoms with Crippen molar-refractivity contribution in [3.8, 4) is 16.6 Å². The van der Waals surface area contributed by atoms with Crippen LogP contribution in [0.1, 0.15) is 27.3 Å². The number of rotatable bonds is 5. The van der Waals surface area contributed by atoms with E-state index in [2.05, 4.69) is 26.6 Å². The van der Waals surface area contributed by atoms with Crippen molar-refractivity contribution >= 4 is 46.4 Å². The second-order valence-electron chi connectivity index (χ2n) is 7.37. The van der Waals surface area contributed by atoms with Crippen molar-refractivity contribution in [2.75, 3.05) is 27.2 Å². The van der Waals surface area contributed by atoms with E-state index in [1.807, 2.05) is 30.3 Å². The molecule has 0 saturated carbocycles. The van der Waals surface area contributed by atoms with Gasteiger partial charge in [0.2, 0.25) is 0 Å². The summed E-state index contributed by atoms with van der Waals surface area (Å²) in [5.74, 6) is -0.133. The number of carbonyl (C=O) groups is 1.